The Morgan fingerprint density at radius 1 is 1.06 bits per heavy atom. The molecule has 0 spiro atoms. The van der Waals surface area contributed by atoms with E-state index in [-0.39, 0.29) is 6.03 Å². The van der Waals surface area contributed by atoms with Crippen molar-refractivity contribution < 1.29 is 4.79 Å². The van der Waals surface area contributed by atoms with Crippen molar-refractivity contribution in [2.45, 2.75) is 20.8 Å². The molecule has 8 heteroatoms. The highest BCUT2D eigenvalue weighted by molar-refractivity contribution is 6.31. The number of benzene rings is 1. The number of halogens is 1. The summed E-state index contributed by atoms with van der Waals surface area (Å²) in [5, 5.41) is 3.58. The van der Waals surface area contributed by atoms with Gasteiger partial charge in [-0.25, -0.2) is 14.8 Å². The van der Waals surface area contributed by atoms with Crippen LogP contribution in [0.15, 0.2) is 42.7 Å². The van der Waals surface area contributed by atoms with E-state index < -0.39 is 0 Å². The molecule has 1 aromatic carbocycles. The summed E-state index contributed by atoms with van der Waals surface area (Å²) in [6, 6.07) is 9.26. The van der Waals surface area contributed by atoms with Crippen molar-refractivity contribution in [2.75, 3.05) is 36.4 Å². The number of rotatable bonds is 3. The van der Waals surface area contributed by atoms with Gasteiger partial charge in [0.15, 0.2) is 5.82 Å². The largest absolute Gasteiger partial charge is 0.353 e. The third kappa shape index (κ3) is 4.61. The molecule has 31 heavy (non-hydrogen) atoms. The molecule has 0 unspecified atom stereocenters. The fourth-order valence-corrected chi connectivity index (χ4v) is 3.72. The standard InChI is InChI=1S/C23H25ClN6O/c1-15-6-7-19(13-20(15)24)27-23(31)30-11-9-29(10-12-30)22-16(2)17(3)26-21(28-22)18-5-4-8-25-14-18/h4-8,13-14H,9-12H2,1-3H3,(H,27,31). The number of hydrogen-bond donors (Lipinski definition) is 1. The lowest BCUT2D eigenvalue weighted by atomic mass is 10.2. The Balaban J connectivity index is 1.45. The van der Waals surface area contributed by atoms with Crippen LogP contribution >= 0.6 is 11.6 Å². The Labute approximate surface area is 187 Å². The first-order chi connectivity index (χ1) is 14.9. The van der Waals surface area contributed by atoms with Gasteiger partial charge in [-0.05, 0) is 50.6 Å². The fraction of sp³-hybridized carbons (Fsp3) is 0.304. The van der Waals surface area contributed by atoms with Gasteiger partial charge in [0.25, 0.3) is 0 Å². The molecule has 1 N–H and O–H groups in total. The van der Waals surface area contributed by atoms with Gasteiger partial charge >= 0.3 is 6.03 Å². The van der Waals surface area contributed by atoms with Gasteiger partial charge in [0.1, 0.15) is 5.82 Å². The van der Waals surface area contributed by atoms with Crippen molar-refractivity contribution in [1.82, 2.24) is 19.9 Å². The summed E-state index contributed by atoms with van der Waals surface area (Å²) < 4.78 is 0. The Morgan fingerprint density at radius 2 is 1.84 bits per heavy atom. The lowest BCUT2D eigenvalue weighted by molar-refractivity contribution is 0.208. The van der Waals surface area contributed by atoms with Crippen LogP contribution in [0.4, 0.5) is 16.3 Å². The minimum absolute atomic E-state index is 0.119. The van der Waals surface area contributed by atoms with Crippen molar-refractivity contribution in [3.05, 3.63) is 64.6 Å². The lowest BCUT2D eigenvalue weighted by Gasteiger charge is -2.36. The number of urea groups is 1. The number of aryl methyl sites for hydroxylation is 2. The zero-order chi connectivity index (χ0) is 22.0. The Kier molecular flexibility index (Phi) is 6.04. The number of hydrogen-bond acceptors (Lipinski definition) is 5. The second kappa shape index (κ2) is 8.89. The summed E-state index contributed by atoms with van der Waals surface area (Å²) in [5.74, 6) is 1.58. The third-order valence-corrected chi connectivity index (χ3v) is 5.98. The topological polar surface area (TPSA) is 74.2 Å². The molecule has 1 fully saturated rings. The molecule has 160 valence electrons. The molecule has 0 bridgehead atoms. The number of aromatic nitrogens is 3. The zero-order valence-electron chi connectivity index (χ0n) is 17.9. The first kappa shape index (κ1) is 21.1. The molecule has 4 rings (SSSR count). The monoisotopic (exact) mass is 436 g/mol. The van der Waals surface area contributed by atoms with E-state index in [0.717, 1.165) is 28.2 Å². The SMILES string of the molecule is Cc1ccc(NC(=O)N2CCN(c3nc(-c4cccnc4)nc(C)c3C)CC2)cc1Cl. The van der Waals surface area contributed by atoms with Gasteiger partial charge in [0.2, 0.25) is 0 Å². The average Bonchev–Trinajstić information content (AvgIpc) is 2.79. The molecule has 1 aliphatic heterocycles. The number of nitrogens with zero attached hydrogens (tertiary/aromatic N) is 5. The maximum atomic E-state index is 12.7. The Morgan fingerprint density at radius 3 is 2.52 bits per heavy atom. The zero-order valence-corrected chi connectivity index (χ0v) is 18.6. The molecule has 3 aromatic rings. The molecular formula is C23H25ClN6O. The van der Waals surface area contributed by atoms with Gasteiger partial charge < -0.3 is 15.1 Å². The molecule has 1 saturated heterocycles. The van der Waals surface area contributed by atoms with Crippen LogP contribution in [-0.4, -0.2) is 52.1 Å². The highest BCUT2D eigenvalue weighted by atomic mass is 35.5. The Hall–Kier alpha value is -3.19. The number of carbonyl (C=O) groups excluding carboxylic acids is 1. The molecule has 0 saturated carbocycles. The van der Waals surface area contributed by atoms with Crippen LogP contribution in [0.5, 0.6) is 0 Å². The molecule has 0 atom stereocenters. The predicted molar refractivity (Wildman–Crippen MR) is 124 cm³/mol. The van der Waals surface area contributed by atoms with E-state index in [2.05, 4.69) is 20.2 Å². The summed E-state index contributed by atoms with van der Waals surface area (Å²) in [4.78, 5) is 30.4. The summed E-state index contributed by atoms with van der Waals surface area (Å²) >= 11 is 6.17. The molecule has 2 amide bonds. The van der Waals surface area contributed by atoms with Crippen molar-refractivity contribution >= 4 is 29.1 Å². The second-order valence-electron chi connectivity index (χ2n) is 7.69. The molecule has 7 nitrogen and oxygen atoms in total. The van der Waals surface area contributed by atoms with Crippen molar-refractivity contribution in [3.63, 3.8) is 0 Å². The van der Waals surface area contributed by atoms with Crippen LogP contribution in [-0.2, 0) is 0 Å². The summed E-state index contributed by atoms with van der Waals surface area (Å²) in [7, 11) is 0. The van der Waals surface area contributed by atoms with E-state index in [9.17, 15) is 4.79 Å². The van der Waals surface area contributed by atoms with Crippen LogP contribution in [0.25, 0.3) is 11.4 Å². The predicted octanol–water partition coefficient (Wildman–Crippen LogP) is 4.47. The first-order valence-corrected chi connectivity index (χ1v) is 10.6. The van der Waals surface area contributed by atoms with Crippen LogP contribution in [0, 0.1) is 20.8 Å². The average molecular weight is 437 g/mol. The van der Waals surface area contributed by atoms with Gasteiger partial charge in [-0.15, -0.1) is 0 Å². The quantitative estimate of drug-likeness (QED) is 0.655. The van der Waals surface area contributed by atoms with E-state index in [1.165, 1.54) is 0 Å². The summed E-state index contributed by atoms with van der Waals surface area (Å²) in [5.41, 5.74) is 4.57. The number of pyridine rings is 1. The Bertz CT molecular complexity index is 1100. The van der Waals surface area contributed by atoms with E-state index in [4.69, 9.17) is 16.6 Å². The van der Waals surface area contributed by atoms with Crippen LogP contribution < -0.4 is 10.2 Å². The number of nitrogens with one attached hydrogen (secondary N) is 1. The van der Waals surface area contributed by atoms with E-state index in [1.807, 2.05) is 49.9 Å². The van der Waals surface area contributed by atoms with Crippen molar-refractivity contribution in [1.29, 1.82) is 0 Å². The van der Waals surface area contributed by atoms with Crippen LogP contribution in [0.2, 0.25) is 5.02 Å². The number of anilines is 2. The minimum atomic E-state index is -0.119. The normalized spacial score (nSPS) is 13.9. The molecule has 1 aliphatic rings. The highest BCUT2D eigenvalue weighted by Crippen LogP contribution is 2.25. The third-order valence-electron chi connectivity index (χ3n) is 5.57. The highest BCUT2D eigenvalue weighted by Gasteiger charge is 2.24. The maximum Gasteiger partial charge on any atom is 0.321 e. The molecule has 2 aromatic heterocycles. The van der Waals surface area contributed by atoms with E-state index in [0.29, 0.717) is 42.7 Å². The van der Waals surface area contributed by atoms with Crippen molar-refractivity contribution in [2.24, 2.45) is 0 Å². The summed E-state index contributed by atoms with van der Waals surface area (Å²) in [6.07, 6.45) is 3.51. The van der Waals surface area contributed by atoms with E-state index >= 15 is 0 Å². The molecule has 3 heterocycles. The molecular weight excluding hydrogens is 412 g/mol. The van der Waals surface area contributed by atoms with Gasteiger partial charge in [0, 0.05) is 66.1 Å². The summed E-state index contributed by atoms with van der Waals surface area (Å²) in [6.45, 7) is 8.59. The van der Waals surface area contributed by atoms with Crippen LogP contribution in [0.3, 0.4) is 0 Å². The van der Waals surface area contributed by atoms with Gasteiger partial charge in [-0.2, -0.15) is 0 Å². The van der Waals surface area contributed by atoms with Gasteiger partial charge in [0.05, 0.1) is 0 Å². The number of carbonyl (C=O) groups is 1. The number of piperazine rings is 1. The maximum absolute atomic E-state index is 12.7. The second-order valence-corrected chi connectivity index (χ2v) is 8.10. The van der Waals surface area contributed by atoms with Gasteiger partial charge in [-0.3, -0.25) is 4.98 Å². The molecule has 0 radical (unpaired) electrons. The molecule has 0 aliphatic carbocycles. The minimum Gasteiger partial charge on any atom is -0.353 e. The number of amides is 2. The van der Waals surface area contributed by atoms with Crippen molar-refractivity contribution in [3.8, 4) is 11.4 Å². The van der Waals surface area contributed by atoms with Gasteiger partial charge in [-0.1, -0.05) is 17.7 Å². The van der Waals surface area contributed by atoms with E-state index in [1.54, 1.807) is 18.5 Å². The smallest absolute Gasteiger partial charge is 0.321 e. The van der Waals surface area contributed by atoms with Crippen LogP contribution in [0.1, 0.15) is 16.8 Å². The lowest BCUT2D eigenvalue weighted by Crippen LogP contribution is -2.50. The fourth-order valence-electron chi connectivity index (χ4n) is 3.54. The first-order valence-electron chi connectivity index (χ1n) is 10.2.